The summed E-state index contributed by atoms with van der Waals surface area (Å²) < 4.78 is 6.45. The number of rotatable bonds is 3. The molecular formula is C26H30N4O4S. The molecule has 3 heterocycles. The Hall–Kier alpha value is -3.46. The van der Waals surface area contributed by atoms with Crippen LogP contribution in [0.3, 0.4) is 0 Å². The van der Waals surface area contributed by atoms with Crippen LogP contribution in [0.5, 0.6) is 0 Å². The normalized spacial score (nSPS) is 16.1. The molecule has 0 bridgehead atoms. The molecule has 2 N–H and O–H groups in total. The maximum Gasteiger partial charge on any atom is 0.413 e. The number of hydrogen-bond acceptors (Lipinski definition) is 6. The van der Waals surface area contributed by atoms with Crippen molar-refractivity contribution in [1.82, 2.24) is 9.88 Å². The zero-order chi connectivity index (χ0) is 25.2. The average molecular weight is 495 g/mol. The van der Waals surface area contributed by atoms with Gasteiger partial charge in [0, 0.05) is 11.2 Å². The van der Waals surface area contributed by atoms with Gasteiger partial charge in [0.25, 0.3) is 0 Å². The van der Waals surface area contributed by atoms with Gasteiger partial charge in [0.2, 0.25) is 0 Å². The van der Waals surface area contributed by atoms with Gasteiger partial charge in [-0.1, -0.05) is 6.07 Å². The second kappa shape index (κ2) is 10.0. The molecule has 8 nitrogen and oxygen atoms in total. The Balaban J connectivity index is 1.44. The maximum atomic E-state index is 13.2. The highest BCUT2D eigenvalue weighted by atomic mass is 32.1. The minimum Gasteiger partial charge on any atom is -0.444 e. The number of ether oxygens (including phenoxy) is 1. The van der Waals surface area contributed by atoms with Crippen molar-refractivity contribution in [2.75, 3.05) is 17.2 Å². The molecular weight excluding hydrogens is 464 g/mol. The van der Waals surface area contributed by atoms with Crippen LogP contribution in [0.1, 0.15) is 57.2 Å². The lowest BCUT2D eigenvalue weighted by Crippen LogP contribution is -2.44. The topological polar surface area (TPSA) is 101 Å². The van der Waals surface area contributed by atoms with E-state index in [9.17, 15) is 14.4 Å². The average Bonchev–Trinajstić information content (AvgIpc) is 3.27. The number of benzene rings is 1. The number of anilines is 2. The van der Waals surface area contributed by atoms with Crippen molar-refractivity contribution in [2.24, 2.45) is 0 Å². The zero-order valence-corrected chi connectivity index (χ0v) is 21.2. The number of pyridine rings is 1. The van der Waals surface area contributed by atoms with Crippen molar-refractivity contribution in [3.63, 3.8) is 0 Å². The van der Waals surface area contributed by atoms with Crippen LogP contribution in [0.25, 0.3) is 10.1 Å². The maximum absolute atomic E-state index is 13.2. The molecule has 1 aliphatic heterocycles. The summed E-state index contributed by atoms with van der Waals surface area (Å²) in [6.45, 7) is 7.61. The van der Waals surface area contributed by atoms with E-state index in [-0.39, 0.29) is 6.04 Å². The highest BCUT2D eigenvalue weighted by Gasteiger charge is 2.32. The largest absolute Gasteiger partial charge is 0.444 e. The predicted molar refractivity (Wildman–Crippen MR) is 138 cm³/mol. The number of carbonyl (C=O) groups excluding carboxylic acids is 3. The second-order valence-corrected chi connectivity index (χ2v) is 10.6. The number of nitrogens with zero attached hydrogens (tertiary/aromatic N) is 2. The fourth-order valence-corrected chi connectivity index (χ4v) is 4.97. The Morgan fingerprint density at radius 3 is 2.66 bits per heavy atom. The molecule has 1 aromatic carbocycles. The van der Waals surface area contributed by atoms with Crippen LogP contribution in [0.2, 0.25) is 0 Å². The lowest BCUT2D eigenvalue weighted by atomic mass is 9.94. The zero-order valence-electron chi connectivity index (χ0n) is 20.4. The van der Waals surface area contributed by atoms with Crippen molar-refractivity contribution in [1.29, 1.82) is 0 Å². The molecule has 0 unspecified atom stereocenters. The van der Waals surface area contributed by atoms with Gasteiger partial charge in [-0.15, -0.1) is 11.3 Å². The molecule has 0 radical (unpaired) electrons. The van der Waals surface area contributed by atoms with Gasteiger partial charge in [0.15, 0.2) is 0 Å². The molecule has 2 aromatic heterocycles. The van der Waals surface area contributed by atoms with Crippen molar-refractivity contribution < 1.29 is 19.1 Å². The van der Waals surface area contributed by atoms with Crippen LogP contribution >= 0.6 is 11.3 Å². The fraction of sp³-hybridized carbons (Fsp3) is 0.385. The monoisotopic (exact) mass is 494 g/mol. The smallest absolute Gasteiger partial charge is 0.413 e. The van der Waals surface area contributed by atoms with Crippen LogP contribution in [-0.2, 0) is 14.3 Å². The molecule has 1 atom stereocenters. The summed E-state index contributed by atoms with van der Waals surface area (Å²) in [5, 5.41) is 8.46. The van der Waals surface area contributed by atoms with Gasteiger partial charge in [-0.05, 0) is 93.1 Å². The summed E-state index contributed by atoms with van der Waals surface area (Å²) in [6, 6.07) is 9.84. The van der Waals surface area contributed by atoms with E-state index >= 15 is 0 Å². The number of likely N-dealkylation sites (tertiary alicyclic amines) is 1. The third kappa shape index (κ3) is 5.97. The molecule has 1 aliphatic rings. The Kier molecular flexibility index (Phi) is 7.07. The van der Waals surface area contributed by atoms with E-state index in [1.807, 2.05) is 0 Å². The second-order valence-electron chi connectivity index (χ2n) is 9.70. The lowest BCUT2D eigenvalue weighted by molar-refractivity contribution is -0.145. The number of thiophene rings is 1. The van der Waals surface area contributed by atoms with Crippen LogP contribution in [0.4, 0.5) is 16.3 Å². The molecule has 0 aliphatic carbocycles. The number of nitrogens with one attached hydrogen (secondary N) is 2. The summed E-state index contributed by atoms with van der Waals surface area (Å²) in [5.41, 5.74) is 1.42. The van der Waals surface area contributed by atoms with E-state index < -0.39 is 23.5 Å². The van der Waals surface area contributed by atoms with Gasteiger partial charge < -0.3 is 15.0 Å². The van der Waals surface area contributed by atoms with E-state index in [1.54, 1.807) is 50.0 Å². The Morgan fingerprint density at radius 1 is 1.11 bits per heavy atom. The SMILES string of the molecule is Cc1cc(NC(=O)C(=O)N2CCCC[C@H]2c2ccc3sccc3c2)cnc1NC(=O)OC(C)(C)C. The molecule has 1 fully saturated rings. The molecule has 0 saturated carbocycles. The fourth-order valence-electron chi connectivity index (χ4n) is 4.20. The van der Waals surface area contributed by atoms with E-state index in [0.29, 0.717) is 23.6 Å². The molecule has 3 amide bonds. The molecule has 0 spiro atoms. The number of hydrogen-bond donors (Lipinski definition) is 2. The standard InChI is InChI=1S/C26H30N4O4S/c1-16-13-19(15-27-22(16)29-25(33)34-26(2,3)4)28-23(31)24(32)30-11-6-5-7-20(30)17-8-9-21-18(14-17)10-12-35-21/h8-10,12-15,20H,5-7,11H2,1-4H3,(H,28,31)(H,27,29,33)/t20-/m0/s1. The molecule has 4 rings (SSSR count). The van der Waals surface area contributed by atoms with Gasteiger partial charge in [0.1, 0.15) is 11.4 Å². The molecule has 9 heteroatoms. The third-order valence-electron chi connectivity index (χ3n) is 5.77. The highest BCUT2D eigenvalue weighted by molar-refractivity contribution is 7.17. The van der Waals surface area contributed by atoms with Gasteiger partial charge in [-0.25, -0.2) is 9.78 Å². The summed E-state index contributed by atoms with van der Waals surface area (Å²) >= 11 is 1.68. The first-order valence-corrected chi connectivity index (χ1v) is 12.5. The van der Waals surface area contributed by atoms with Crippen LogP contribution in [-0.4, -0.2) is 39.9 Å². The summed E-state index contributed by atoms with van der Waals surface area (Å²) in [6.07, 6.45) is 3.48. The van der Waals surface area contributed by atoms with E-state index in [2.05, 4.69) is 45.3 Å². The first-order valence-electron chi connectivity index (χ1n) is 11.7. The van der Waals surface area contributed by atoms with Crippen molar-refractivity contribution in [3.8, 4) is 0 Å². The van der Waals surface area contributed by atoms with Gasteiger partial charge >= 0.3 is 17.9 Å². The van der Waals surface area contributed by atoms with Crippen molar-refractivity contribution in [2.45, 2.75) is 58.6 Å². The van der Waals surface area contributed by atoms with Crippen molar-refractivity contribution >= 4 is 50.8 Å². The molecule has 1 saturated heterocycles. The Morgan fingerprint density at radius 2 is 1.91 bits per heavy atom. The van der Waals surface area contributed by atoms with E-state index in [1.165, 1.54) is 10.9 Å². The van der Waals surface area contributed by atoms with E-state index in [4.69, 9.17) is 4.74 Å². The van der Waals surface area contributed by atoms with Gasteiger partial charge in [-0.2, -0.15) is 0 Å². The highest BCUT2D eigenvalue weighted by Crippen LogP contribution is 2.34. The van der Waals surface area contributed by atoms with Crippen molar-refractivity contribution in [3.05, 3.63) is 53.0 Å². The summed E-state index contributed by atoms with van der Waals surface area (Å²) in [5.74, 6) is -0.945. The van der Waals surface area contributed by atoms with Gasteiger partial charge in [0.05, 0.1) is 17.9 Å². The Bertz CT molecular complexity index is 1260. The number of aryl methyl sites for hydroxylation is 1. The molecule has 3 aromatic rings. The minimum absolute atomic E-state index is 0.133. The molecule has 35 heavy (non-hydrogen) atoms. The number of aromatic nitrogens is 1. The summed E-state index contributed by atoms with van der Waals surface area (Å²) in [4.78, 5) is 43.9. The lowest BCUT2D eigenvalue weighted by Gasteiger charge is -2.35. The summed E-state index contributed by atoms with van der Waals surface area (Å²) in [7, 11) is 0. The third-order valence-corrected chi connectivity index (χ3v) is 6.67. The Labute approximate surface area is 208 Å². The van der Waals surface area contributed by atoms with Gasteiger partial charge in [-0.3, -0.25) is 14.9 Å². The minimum atomic E-state index is -0.706. The van der Waals surface area contributed by atoms with Crippen LogP contribution in [0.15, 0.2) is 41.9 Å². The molecule has 184 valence electrons. The predicted octanol–water partition coefficient (Wildman–Crippen LogP) is 5.64. The quantitative estimate of drug-likeness (QED) is 0.459. The first-order chi connectivity index (χ1) is 16.6. The first kappa shape index (κ1) is 24.7. The van der Waals surface area contributed by atoms with Crippen LogP contribution < -0.4 is 10.6 Å². The number of amides is 3. The van der Waals surface area contributed by atoms with E-state index in [0.717, 1.165) is 30.2 Å². The number of fused-ring (bicyclic) bond motifs is 1. The van der Waals surface area contributed by atoms with Crippen LogP contribution in [0, 0.1) is 6.92 Å². The number of piperidine rings is 1. The number of carbonyl (C=O) groups is 3.